The minimum Gasteiger partial charge on any atom is -0.497 e. The maximum Gasteiger partial charge on any atom is 0.408 e. The molecule has 0 spiro atoms. The first-order valence-electron chi connectivity index (χ1n) is 22.2. The van der Waals surface area contributed by atoms with E-state index in [1.54, 1.807) is 40.9 Å². The van der Waals surface area contributed by atoms with Crippen LogP contribution in [0.25, 0.3) is 22.0 Å². The molecule has 3 aromatic rings. The monoisotopic (exact) mass is 901 g/mol. The van der Waals surface area contributed by atoms with E-state index in [2.05, 4.69) is 17.0 Å². The summed E-state index contributed by atoms with van der Waals surface area (Å²) in [5.41, 5.74) is -1.32. The number of ether oxygens (including phenoxy) is 4. The van der Waals surface area contributed by atoms with Crippen LogP contribution in [0.1, 0.15) is 86.5 Å². The number of nitrogens with one attached hydrogen (secondary N) is 2. The van der Waals surface area contributed by atoms with Gasteiger partial charge in [-0.05, 0) is 126 Å². The van der Waals surface area contributed by atoms with Crippen LogP contribution < -0.4 is 29.0 Å². The Kier molecular flexibility index (Phi) is 11.8. The van der Waals surface area contributed by atoms with Gasteiger partial charge in [-0.1, -0.05) is 26.0 Å². The predicted octanol–water partition coefficient (Wildman–Crippen LogP) is 6.06. The zero-order chi connectivity index (χ0) is 45.9. The topological polar surface area (TPSA) is 203 Å². The Morgan fingerprint density at radius 2 is 1.77 bits per heavy atom. The van der Waals surface area contributed by atoms with Gasteiger partial charge in [0.25, 0.3) is 5.91 Å². The lowest BCUT2D eigenvalue weighted by Gasteiger charge is -2.43. The van der Waals surface area contributed by atoms with E-state index in [9.17, 15) is 27.9 Å². The lowest BCUT2D eigenvalue weighted by molar-refractivity contribution is -0.146. The maximum absolute atomic E-state index is 15.3. The molecule has 5 aliphatic rings. The van der Waals surface area contributed by atoms with Gasteiger partial charge in [-0.25, -0.2) is 18.2 Å². The molecule has 17 heteroatoms. The Bertz CT molecular complexity index is 2500. The fourth-order valence-corrected chi connectivity index (χ4v) is 10.8. The molecule has 3 fully saturated rings. The summed E-state index contributed by atoms with van der Waals surface area (Å²) in [5, 5.41) is 15.1. The molecular formula is C47H59N5O11S. The van der Waals surface area contributed by atoms with E-state index in [1.807, 2.05) is 55.5 Å². The van der Waals surface area contributed by atoms with Crippen molar-refractivity contribution < 1.29 is 51.6 Å². The summed E-state index contributed by atoms with van der Waals surface area (Å²) in [7, 11) is -2.48. The van der Waals surface area contributed by atoms with Gasteiger partial charge >= 0.3 is 6.09 Å². The van der Waals surface area contributed by atoms with Crippen LogP contribution in [0.3, 0.4) is 0 Å². The molecule has 2 aromatic carbocycles. The zero-order valence-corrected chi connectivity index (χ0v) is 38.3. The molecule has 0 bridgehead atoms. The molecule has 1 saturated heterocycles. The number of fused-ring (bicyclic) bond motifs is 4. The summed E-state index contributed by atoms with van der Waals surface area (Å²) in [6, 6.07) is 10.5. The Hall–Kier alpha value is -5.58. The van der Waals surface area contributed by atoms with Crippen LogP contribution in [0, 0.1) is 17.8 Å². The third kappa shape index (κ3) is 8.66. The van der Waals surface area contributed by atoms with Gasteiger partial charge in [-0.3, -0.25) is 24.0 Å². The zero-order valence-electron chi connectivity index (χ0n) is 37.5. The Labute approximate surface area is 374 Å². The summed E-state index contributed by atoms with van der Waals surface area (Å²) >= 11 is 0. The van der Waals surface area contributed by atoms with Crippen molar-refractivity contribution in [1.29, 1.82) is 0 Å². The van der Waals surface area contributed by atoms with Crippen molar-refractivity contribution in [2.45, 2.75) is 121 Å². The molecule has 16 nitrogen and oxygen atoms in total. The van der Waals surface area contributed by atoms with Crippen LogP contribution in [0.2, 0.25) is 0 Å². The molecule has 3 N–H and O–H groups in total. The number of aromatic nitrogens is 1. The van der Waals surface area contributed by atoms with Crippen molar-refractivity contribution in [2.75, 3.05) is 26.9 Å². The van der Waals surface area contributed by atoms with Gasteiger partial charge in [0.15, 0.2) is 11.5 Å². The largest absolute Gasteiger partial charge is 0.497 e. The normalized spacial score (nSPS) is 28.3. The van der Waals surface area contributed by atoms with E-state index in [4.69, 9.17) is 23.9 Å². The summed E-state index contributed by atoms with van der Waals surface area (Å²) in [6.07, 6.45) is 4.52. The standard InChI is InChI=1S/C47H59N5O11S/c1-27-10-8-9-11-31-25-47(31,43(55)50-64(58,59)46(6)16-17-46)49-40(53)36-24-33(26-51(36)42(54)39(28(2)20-27)52(44(56)57)45(3,4)5)63-41-34-14-13-32(60-7)21-30(34)22-35(48-41)29-12-15-37-38(23-29)62-19-18-61-37/h9,11-15,21-23,27-28,31,33,36,39H,8,10,16-20,24-26H2,1-7H3,(H,49,53)(H,50,55)(H,56,57)/b11-9-/t27-,28+,31+,33+,36-,39-,47+/m0/s1. The van der Waals surface area contributed by atoms with Gasteiger partial charge in [0.1, 0.15) is 42.7 Å². The number of carboxylic acid groups (broad SMARTS) is 1. The molecule has 0 radical (unpaired) electrons. The molecule has 3 aliphatic heterocycles. The number of methoxy groups -OCH3 is 1. The maximum atomic E-state index is 15.3. The number of amides is 4. The molecule has 344 valence electrons. The fourth-order valence-electron chi connectivity index (χ4n) is 9.49. The van der Waals surface area contributed by atoms with E-state index in [-0.39, 0.29) is 31.2 Å². The van der Waals surface area contributed by atoms with Crippen molar-refractivity contribution in [3.05, 3.63) is 54.6 Å². The summed E-state index contributed by atoms with van der Waals surface area (Å²) < 4.78 is 51.9. The van der Waals surface area contributed by atoms with Crippen LogP contribution >= 0.6 is 0 Å². The van der Waals surface area contributed by atoms with Crippen LogP contribution in [-0.2, 0) is 24.4 Å². The SMILES string of the molecule is COc1ccc2c(O[C@@H]3C[C@H]4C(=O)N[C@]5(C(=O)NS(=O)(=O)C6(C)CC6)C[C@H]5/C=C\CC[C@H](C)C[C@@H](C)[C@H](N(C(=O)O)C(C)(C)C)C(=O)N4C3)nc(-c3ccc4c(c3)OCCO4)cc2c1. The van der Waals surface area contributed by atoms with Gasteiger partial charge in [-0.2, -0.15) is 0 Å². The first kappa shape index (κ1) is 45.0. The molecule has 4 amide bonds. The second-order valence-corrected chi connectivity index (χ2v) is 21.7. The van der Waals surface area contributed by atoms with Crippen LogP contribution in [0.15, 0.2) is 54.6 Å². The van der Waals surface area contributed by atoms with Gasteiger partial charge in [0.05, 0.1) is 24.1 Å². The molecule has 2 saturated carbocycles. The third-order valence-corrected chi connectivity index (χ3v) is 15.7. The van der Waals surface area contributed by atoms with Crippen molar-refractivity contribution in [1.82, 2.24) is 24.8 Å². The molecule has 8 rings (SSSR count). The number of rotatable bonds is 8. The molecule has 2 aliphatic carbocycles. The number of sulfonamides is 1. The summed E-state index contributed by atoms with van der Waals surface area (Å²) in [5.74, 6) is -0.929. The molecule has 0 unspecified atom stereocenters. The Morgan fingerprint density at radius 1 is 1.03 bits per heavy atom. The highest BCUT2D eigenvalue weighted by molar-refractivity contribution is 7.91. The van der Waals surface area contributed by atoms with Crippen molar-refractivity contribution in [3.8, 4) is 34.4 Å². The number of nitrogens with zero attached hydrogens (tertiary/aromatic N) is 3. The third-order valence-electron chi connectivity index (χ3n) is 13.5. The fraction of sp³-hybridized carbons (Fsp3) is 0.553. The lowest BCUT2D eigenvalue weighted by Crippen LogP contribution is -2.62. The number of carbonyl (C=O) groups excluding carboxylic acids is 3. The average Bonchev–Trinajstić information content (AvgIpc) is 4.12. The highest BCUT2D eigenvalue weighted by atomic mass is 32.2. The molecule has 4 heterocycles. The van der Waals surface area contributed by atoms with Crippen LogP contribution in [-0.4, -0.2) is 113 Å². The Balaban J connectivity index is 1.19. The minimum absolute atomic E-state index is 0.0418. The van der Waals surface area contributed by atoms with Crippen LogP contribution in [0.5, 0.6) is 23.1 Å². The average molecular weight is 902 g/mol. The summed E-state index contributed by atoms with van der Waals surface area (Å²) in [6.45, 7) is 11.4. The van der Waals surface area contributed by atoms with E-state index < -0.39 is 79.7 Å². The quantitative estimate of drug-likeness (QED) is 0.221. The van der Waals surface area contributed by atoms with E-state index in [0.29, 0.717) is 67.2 Å². The van der Waals surface area contributed by atoms with Crippen molar-refractivity contribution in [3.63, 3.8) is 0 Å². The van der Waals surface area contributed by atoms with Gasteiger partial charge < -0.3 is 34.3 Å². The number of hydrogen-bond acceptors (Lipinski definition) is 11. The first-order chi connectivity index (χ1) is 30.2. The van der Waals surface area contributed by atoms with Gasteiger partial charge in [-0.15, -0.1) is 0 Å². The highest BCUT2D eigenvalue weighted by Gasteiger charge is 2.63. The number of hydrogen-bond donors (Lipinski definition) is 3. The van der Waals surface area contributed by atoms with Crippen molar-refractivity contribution >= 4 is 44.6 Å². The number of pyridine rings is 1. The minimum atomic E-state index is -4.05. The van der Waals surface area contributed by atoms with E-state index in [0.717, 1.165) is 17.4 Å². The second kappa shape index (κ2) is 16.8. The molecule has 7 atom stereocenters. The molecule has 64 heavy (non-hydrogen) atoms. The molecule has 1 aromatic heterocycles. The van der Waals surface area contributed by atoms with E-state index >= 15 is 4.79 Å². The molecular weight excluding hydrogens is 843 g/mol. The van der Waals surface area contributed by atoms with Gasteiger partial charge in [0.2, 0.25) is 27.7 Å². The van der Waals surface area contributed by atoms with E-state index in [1.165, 1.54) is 9.80 Å². The van der Waals surface area contributed by atoms with Gasteiger partial charge in [0, 0.05) is 28.8 Å². The smallest absolute Gasteiger partial charge is 0.408 e. The number of allylic oxidation sites excluding steroid dienone is 1. The number of benzene rings is 2. The second-order valence-electron chi connectivity index (χ2n) is 19.5. The predicted molar refractivity (Wildman–Crippen MR) is 238 cm³/mol. The first-order valence-corrected chi connectivity index (χ1v) is 23.7. The van der Waals surface area contributed by atoms with Crippen molar-refractivity contribution in [2.24, 2.45) is 17.8 Å². The van der Waals surface area contributed by atoms with Crippen LogP contribution in [0.4, 0.5) is 4.79 Å². The number of carbonyl (C=O) groups is 4. The highest BCUT2D eigenvalue weighted by Crippen LogP contribution is 2.48. The Morgan fingerprint density at radius 3 is 2.45 bits per heavy atom. The summed E-state index contributed by atoms with van der Waals surface area (Å²) in [4.78, 5) is 65.1. The lowest BCUT2D eigenvalue weighted by atomic mass is 9.85.